The summed E-state index contributed by atoms with van der Waals surface area (Å²) in [5.74, 6) is -1.36. The molecule has 0 fully saturated rings. The van der Waals surface area contributed by atoms with Gasteiger partial charge in [-0.3, -0.25) is 14.4 Å². The SMILES string of the molecule is CC(=O)C(CC(=O)C(CO)NC(=O)C(Cc1ccc(O)cc1)CC(C)(C)C)C(C)C. The number of aromatic hydroxyl groups is 1. The van der Waals surface area contributed by atoms with Crippen LogP contribution in [-0.2, 0) is 20.8 Å². The highest BCUT2D eigenvalue weighted by Gasteiger charge is 2.31. The predicted octanol–water partition coefficient (Wildman–Crippen LogP) is 3.28. The van der Waals surface area contributed by atoms with Crippen molar-refractivity contribution in [1.29, 1.82) is 0 Å². The number of ketones is 2. The minimum Gasteiger partial charge on any atom is -0.508 e. The van der Waals surface area contributed by atoms with Crippen LogP contribution < -0.4 is 5.32 Å². The standard InChI is InChI=1S/C24H37NO5/c1-15(2)20(16(3)27)12-22(29)21(14-26)25-23(30)18(13-24(4,5)6)11-17-7-9-19(28)10-8-17/h7-10,15,18,20-21,26,28H,11-14H2,1-6H3,(H,25,30). The molecular weight excluding hydrogens is 382 g/mol. The summed E-state index contributed by atoms with van der Waals surface area (Å²) in [6, 6.07) is 5.67. The molecule has 0 aliphatic carbocycles. The fraction of sp³-hybridized carbons (Fsp3) is 0.625. The van der Waals surface area contributed by atoms with E-state index in [1.807, 2.05) is 34.6 Å². The van der Waals surface area contributed by atoms with Crippen LogP contribution in [0.4, 0.5) is 0 Å². The van der Waals surface area contributed by atoms with Crippen LogP contribution in [0.2, 0.25) is 0 Å². The lowest BCUT2D eigenvalue weighted by molar-refractivity contribution is -0.133. The molecule has 0 radical (unpaired) electrons. The fourth-order valence-electron chi connectivity index (χ4n) is 3.64. The van der Waals surface area contributed by atoms with Crippen LogP contribution in [0.15, 0.2) is 24.3 Å². The van der Waals surface area contributed by atoms with Gasteiger partial charge in [-0.1, -0.05) is 46.8 Å². The van der Waals surface area contributed by atoms with Crippen molar-refractivity contribution in [3.63, 3.8) is 0 Å². The van der Waals surface area contributed by atoms with Gasteiger partial charge in [-0.25, -0.2) is 0 Å². The van der Waals surface area contributed by atoms with Crippen molar-refractivity contribution in [2.24, 2.45) is 23.2 Å². The first-order valence-electron chi connectivity index (χ1n) is 10.6. The Labute approximate surface area is 180 Å². The van der Waals surface area contributed by atoms with Gasteiger partial charge in [0.2, 0.25) is 5.91 Å². The van der Waals surface area contributed by atoms with E-state index in [0.29, 0.717) is 12.8 Å². The fourth-order valence-corrected chi connectivity index (χ4v) is 3.64. The van der Waals surface area contributed by atoms with Gasteiger partial charge in [-0.05, 0) is 48.8 Å². The Balaban J connectivity index is 2.94. The largest absolute Gasteiger partial charge is 0.508 e. The van der Waals surface area contributed by atoms with Crippen LogP contribution >= 0.6 is 0 Å². The lowest BCUT2D eigenvalue weighted by Gasteiger charge is -2.27. The second-order valence-corrected chi connectivity index (χ2v) is 9.71. The summed E-state index contributed by atoms with van der Waals surface area (Å²) in [5, 5.41) is 21.9. The smallest absolute Gasteiger partial charge is 0.224 e. The van der Waals surface area contributed by atoms with Crippen molar-refractivity contribution in [2.45, 2.75) is 66.8 Å². The maximum Gasteiger partial charge on any atom is 0.224 e. The molecule has 3 atom stereocenters. The van der Waals surface area contributed by atoms with Crippen LogP contribution in [0.5, 0.6) is 5.75 Å². The molecule has 6 nitrogen and oxygen atoms in total. The maximum absolute atomic E-state index is 13.0. The summed E-state index contributed by atoms with van der Waals surface area (Å²) in [4.78, 5) is 37.5. The first-order chi connectivity index (χ1) is 13.8. The molecule has 6 heteroatoms. The van der Waals surface area contributed by atoms with Crippen LogP contribution in [0, 0.1) is 23.2 Å². The van der Waals surface area contributed by atoms with Crippen molar-refractivity contribution in [3.05, 3.63) is 29.8 Å². The number of carbonyl (C=O) groups is 3. The Hall–Kier alpha value is -2.21. The van der Waals surface area contributed by atoms with E-state index in [1.54, 1.807) is 24.3 Å². The number of hydrogen-bond donors (Lipinski definition) is 3. The lowest BCUT2D eigenvalue weighted by atomic mass is 9.81. The van der Waals surface area contributed by atoms with Crippen molar-refractivity contribution in [3.8, 4) is 5.75 Å². The summed E-state index contributed by atoms with van der Waals surface area (Å²) >= 11 is 0. The topological polar surface area (TPSA) is 104 Å². The van der Waals surface area contributed by atoms with Crippen LogP contribution in [-0.4, -0.2) is 40.3 Å². The quantitative estimate of drug-likeness (QED) is 0.511. The minimum atomic E-state index is -1.03. The number of Topliss-reactive ketones (excluding diaryl/α,β-unsaturated/α-hetero) is 2. The molecule has 0 bridgehead atoms. The van der Waals surface area contributed by atoms with Crippen molar-refractivity contribution < 1.29 is 24.6 Å². The number of hydrogen-bond acceptors (Lipinski definition) is 5. The van der Waals surface area contributed by atoms with E-state index in [4.69, 9.17) is 0 Å². The Morgan fingerprint density at radius 2 is 1.63 bits per heavy atom. The Bertz CT molecular complexity index is 718. The van der Waals surface area contributed by atoms with E-state index in [1.165, 1.54) is 6.92 Å². The van der Waals surface area contributed by atoms with E-state index in [9.17, 15) is 24.6 Å². The number of phenols is 1. The average Bonchev–Trinajstić information content (AvgIpc) is 2.63. The van der Waals surface area contributed by atoms with E-state index in [0.717, 1.165) is 5.56 Å². The number of aliphatic hydroxyl groups excluding tert-OH is 1. The lowest BCUT2D eigenvalue weighted by Crippen LogP contribution is -2.47. The first-order valence-corrected chi connectivity index (χ1v) is 10.6. The van der Waals surface area contributed by atoms with Crippen molar-refractivity contribution in [1.82, 2.24) is 5.32 Å². The highest BCUT2D eigenvalue weighted by atomic mass is 16.3. The van der Waals surface area contributed by atoms with Gasteiger partial charge in [-0.2, -0.15) is 0 Å². The average molecular weight is 420 g/mol. The van der Waals surface area contributed by atoms with Gasteiger partial charge in [0.25, 0.3) is 0 Å². The molecule has 1 rings (SSSR count). The number of amides is 1. The Morgan fingerprint density at radius 1 is 1.07 bits per heavy atom. The molecule has 3 N–H and O–H groups in total. The van der Waals surface area contributed by atoms with E-state index in [-0.39, 0.29) is 41.0 Å². The summed E-state index contributed by atoms with van der Waals surface area (Å²) < 4.78 is 0. The zero-order valence-corrected chi connectivity index (χ0v) is 19.1. The third kappa shape index (κ3) is 8.66. The maximum atomic E-state index is 13.0. The molecule has 1 amide bonds. The molecule has 0 aliphatic rings. The number of rotatable bonds is 11. The van der Waals surface area contributed by atoms with E-state index in [2.05, 4.69) is 5.32 Å². The highest BCUT2D eigenvalue weighted by Crippen LogP contribution is 2.28. The third-order valence-electron chi connectivity index (χ3n) is 5.28. The van der Waals surface area contributed by atoms with Crippen LogP contribution in [0.1, 0.15) is 59.9 Å². The Kier molecular flexibility index (Phi) is 9.69. The molecule has 0 aliphatic heterocycles. The number of phenolic OH excluding ortho intramolecular Hbond substituents is 1. The summed E-state index contributed by atoms with van der Waals surface area (Å²) in [6.07, 6.45) is 1.05. The van der Waals surface area contributed by atoms with Crippen molar-refractivity contribution in [2.75, 3.05) is 6.61 Å². The van der Waals surface area contributed by atoms with Gasteiger partial charge in [0.05, 0.1) is 6.61 Å². The molecule has 0 saturated heterocycles. The molecule has 3 unspecified atom stereocenters. The molecule has 1 aromatic rings. The van der Waals surface area contributed by atoms with Gasteiger partial charge >= 0.3 is 0 Å². The van der Waals surface area contributed by atoms with Gasteiger partial charge in [0, 0.05) is 18.3 Å². The minimum absolute atomic E-state index is 0.000403. The highest BCUT2D eigenvalue weighted by molar-refractivity contribution is 5.93. The predicted molar refractivity (Wildman–Crippen MR) is 117 cm³/mol. The van der Waals surface area contributed by atoms with Crippen LogP contribution in [0.25, 0.3) is 0 Å². The van der Waals surface area contributed by atoms with Gasteiger partial charge < -0.3 is 15.5 Å². The molecule has 0 saturated carbocycles. The second kappa shape index (κ2) is 11.3. The number of nitrogens with one attached hydrogen (secondary N) is 1. The normalized spacial score (nSPS) is 14.8. The van der Waals surface area contributed by atoms with E-state index < -0.39 is 24.5 Å². The van der Waals surface area contributed by atoms with E-state index >= 15 is 0 Å². The zero-order valence-electron chi connectivity index (χ0n) is 19.1. The number of aliphatic hydroxyl groups is 1. The molecular formula is C24H37NO5. The van der Waals surface area contributed by atoms with Crippen molar-refractivity contribution >= 4 is 17.5 Å². The first kappa shape index (κ1) is 25.8. The van der Waals surface area contributed by atoms with Gasteiger partial charge in [0.15, 0.2) is 5.78 Å². The number of carbonyl (C=O) groups excluding carboxylic acids is 3. The molecule has 0 spiro atoms. The molecule has 0 heterocycles. The summed E-state index contributed by atoms with van der Waals surface area (Å²) in [7, 11) is 0. The third-order valence-corrected chi connectivity index (χ3v) is 5.28. The Morgan fingerprint density at radius 3 is 2.07 bits per heavy atom. The molecule has 0 aromatic heterocycles. The zero-order chi connectivity index (χ0) is 23.1. The monoisotopic (exact) mass is 419 g/mol. The molecule has 1 aromatic carbocycles. The number of benzene rings is 1. The van der Waals surface area contributed by atoms with Gasteiger partial charge in [0.1, 0.15) is 17.6 Å². The summed E-state index contributed by atoms with van der Waals surface area (Å²) in [5.41, 5.74) is 0.787. The molecule has 30 heavy (non-hydrogen) atoms. The summed E-state index contributed by atoms with van der Waals surface area (Å²) in [6.45, 7) is 10.8. The molecule has 168 valence electrons. The van der Waals surface area contributed by atoms with Gasteiger partial charge in [-0.15, -0.1) is 0 Å². The van der Waals surface area contributed by atoms with Crippen LogP contribution in [0.3, 0.4) is 0 Å². The second-order valence-electron chi connectivity index (χ2n) is 9.71.